The molecule has 2 rings (SSSR count). The second-order valence-electron chi connectivity index (χ2n) is 4.59. The summed E-state index contributed by atoms with van der Waals surface area (Å²) >= 11 is 0. The van der Waals surface area contributed by atoms with Gasteiger partial charge in [0.1, 0.15) is 5.69 Å². The summed E-state index contributed by atoms with van der Waals surface area (Å²) in [4.78, 5) is 23.5. The summed E-state index contributed by atoms with van der Waals surface area (Å²) < 4.78 is 1.70. The molecule has 0 spiro atoms. The maximum absolute atomic E-state index is 12.2. The smallest absolute Gasteiger partial charge is 0.352 e. The lowest BCUT2D eigenvalue weighted by atomic mass is 10.1. The van der Waals surface area contributed by atoms with Gasteiger partial charge in [-0.25, -0.2) is 4.79 Å². The number of benzene rings is 1. The van der Waals surface area contributed by atoms with Crippen LogP contribution in [0.5, 0.6) is 0 Å². The Balaban J connectivity index is 3.08. The van der Waals surface area contributed by atoms with Gasteiger partial charge >= 0.3 is 5.97 Å². The molecule has 0 aliphatic heterocycles. The van der Waals surface area contributed by atoms with Crippen molar-refractivity contribution in [1.82, 2.24) is 4.57 Å². The number of hydrogen-bond acceptors (Lipinski definition) is 2. The van der Waals surface area contributed by atoms with Crippen LogP contribution in [-0.4, -0.2) is 15.6 Å². The van der Waals surface area contributed by atoms with E-state index in [4.69, 9.17) is 0 Å². The SMILES string of the molecule is Cc1c(C(=O)O)n(C(C)C)c2ccccc2c1=O. The molecule has 0 radical (unpaired) electrons. The van der Waals surface area contributed by atoms with E-state index in [9.17, 15) is 14.7 Å². The highest BCUT2D eigenvalue weighted by Crippen LogP contribution is 2.20. The first-order valence-electron chi connectivity index (χ1n) is 5.82. The van der Waals surface area contributed by atoms with Crippen molar-refractivity contribution in [2.45, 2.75) is 26.8 Å². The molecular formula is C14H15NO3. The topological polar surface area (TPSA) is 59.3 Å². The summed E-state index contributed by atoms with van der Waals surface area (Å²) in [5.74, 6) is -1.07. The van der Waals surface area contributed by atoms with E-state index in [2.05, 4.69) is 0 Å². The van der Waals surface area contributed by atoms with Crippen LogP contribution >= 0.6 is 0 Å². The number of aromatic carboxylic acids is 1. The summed E-state index contributed by atoms with van der Waals surface area (Å²) in [5.41, 5.74) is 0.823. The fourth-order valence-corrected chi connectivity index (χ4v) is 2.29. The molecule has 94 valence electrons. The van der Waals surface area contributed by atoms with E-state index in [1.54, 1.807) is 29.7 Å². The maximum Gasteiger partial charge on any atom is 0.352 e. The van der Waals surface area contributed by atoms with E-state index < -0.39 is 5.97 Å². The number of carbonyl (C=O) groups is 1. The van der Waals surface area contributed by atoms with Crippen LogP contribution in [0.25, 0.3) is 10.9 Å². The summed E-state index contributed by atoms with van der Waals surface area (Å²) in [6, 6.07) is 7.08. The first kappa shape index (κ1) is 12.4. The average Bonchev–Trinajstić information content (AvgIpc) is 2.32. The predicted molar refractivity (Wildman–Crippen MR) is 70.3 cm³/mol. The zero-order valence-electron chi connectivity index (χ0n) is 10.6. The molecule has 0 saturated heterocycles. The molecule has 1 aromatic heterocycles. The Kier molecular flexibility index (Phi) is 2.95. The molecule has 2 aromatic rings. The fraction of sp³-hybridized carbons (Fsp3) is 0.286. The third-order valence-electron chi connectivity index (χ3n) is 3.06. The molecule has 4 heteroatoms. The highest BCUT2D eigenvalue weighted by Gasteiger charge is 2.20. The normalized spacial score (nSPS) is 11.1. The summed E-state index contributed by atoms with van der Waals surface area (Å²) in [7, 11) is 0. The van der Waals surface area contributed by atoms with Crippen molar-refractivity contribution in [1.29, 1.82) is 0 Å². The van der Waals surface area contributed by atoms with Crippen LogP contribution in [0.4, 0.5) is 0 Å². The molecule has 0 fully saturated rings. The summed E-state index contributed by atoms with van der Waals surface area (Å²) in [5, 5.41) is 9.88. The first-order valence-corrected chi connectivity index (χ1v) is 5.82. The Hall–Kier alpha value is -2.10. The Morgan fingerprint density at radius 2 is 1.89 bits per heavy atom. The molecule has 18 heavy (non-hydrogen) atoms. The van der Waals surface area contributed by atoms with Crippen LogP contribution in [0, 0.1) is 6.92 Å². The molecule has 0 aliphatic carbocycles. The van der Waals surface area contributed by atoms with Crippen molar-refractivity contribution in [3.63, 3.8) is 0 Å². The number of hydrogen-bond donors (Lipinski definition) is 1. The molecule has 0 aliphatic rings. The molecule has 0 amide bonds. The van der Waals surface area contributed by atoms with Crippen LogP contribution in [0.15, 0.2) is 29.1 Å². The van der Waals surface area contributed by atoms with Gasteiger partial charge in [-0.1, -0.05) is 12.1 Å². The van der Waals surface area contributed by atoms with Gasteiger partial charge in [0.15, 0.2) is 5.43 Å². The maximum atomic E-state index is 12.2. The van der Waals surface area contributed by atoms with E-state index in [1.807, 2.05) is 19.9 Å². The van der Waals surface area contributed by atoms with Gasteiger partial charge in [0, 0.05) is 17.0 Å². The molecule has 0 bridgehead atoms. The lowest BCUT2D eigenvalue weighted by Crippen LogP contribution is -2.23. The lowest BCUT2D eigenvalue weighted by molar-refractivity contribution is 0.0682. The number of nitrogens with zero attached hydrogens (tertiary/aromatic N) is 1. The predicted octanol–water partition coefficient (Wildman–Crippen LogP) is 2.59. The van der Waals surface area contributed by atoms with Gasteiger partial charge in [0.05, 0.1) is 5.52 Å². The third-order valence-corrected chi connectivity index (χ3v) is 3.06. The second-order valence-corrected chi connectivity index (χ2v) is 4.59. The van der Waals surface area contributed by atoms with E-state index in [1.165, 1.54) is 0 Å². The van der Waals surface area contributed by atoms with Crippen molar-refractivity contribution < 1.29 is 9.90 Å². The first-order chi connectivity index (χ1) is 8.45. The molecule has 1 aromatic carbocycles. The van der Waals surface area contributed by atoms with Gasteiger partial charge in [0.2, 0.25) is 0 Å². The van der Waals surface area contributed by atoms with E-state index in [-0.39, 0.29) is 22.7 Å². The quantitative estimate of drug-likeness (QED) is 0.884. The van der Waals surface area contributed by atoms with E-state index in [0.29, 0.717) is 10.9 Å². The van der Waals surface area contributed by atoms with Gasteiger partial charge in [-0.3, -0.25) is 4.79 Å². The Labute approximate surface area is 104 Å². The Morgan fingerprint density at radius 3 is 2.44 bits per heavy atom. The van der Waals surface area contributed by atoms with Gasteiger partial charge in [0.25, 0.3) is 0 Å². The summed E-state index contributed by atoms with van der Waals surface area (Å²) in [6.07, 6.45) is 0. The number of carboxylic acid groups (broad SMARTS) is 1. The van der Waals surface area contributed by atoms with Crippen LogP contribution in [0.2, 0.25) is 0 Å². The highest BCUT2D eigenvalue weighted by molar-refractivity contribution is 5.92. The minimum Gasteiger partial charge on any atom is -0.477 e. The minimum absolute atomic E-state index is 0.0275. The van der Waals surface area contributed by atoms with E-state index >= 15 is 0 Å². The Bertz CT molecular complexity index is 683. The number of pyridine rings is 1. The largest absolute Gasteiger partial charge is 0.477 e. The molecule has 0 atom stereocenters. The van der Waals surface area contributed by atoms with Gasteiger partial charge in [-0.15, -0.1) is 0 Å². The molecule has 0 unspecified atom stereocenters. The van der Waals surface area contributed by atoms with Gasteiger partial charge in [-0.05, 0) is 32.9 Å². The molecular weight excluding hydrogens is 230 g/mol. The van der Waals surface area contributed by atoms with E-state index in [0.717, 1.165) is 0 Å². The Morgan fingerprint density at radius 1 is 1.28 bits per heavy atom. The van der Waals surface area contributed by atoms with Crippen molar-refractivity contribution in [3.8, 4) is 0 Å². The zero-order chi connectivity index (χ0) is 13.4. The number of fused-ring (bicyclic) bond motifs is 1. The van der Waals surface area contributed by atoms with Crippen LogP contribution < -0.4 is 5.43 Å². The number of rotatable bonds is 2. The monoisotopic (exact) mass is 245 g/mol. The minimum atomic E-state index is -1.07. The molecule has 0 saturated carbocycles. The molecule has 1 N–H and O–H groups in total. The fourth-order valence-electron chi connectivity index (χ4n) is 2.29. The van der Waals surface area contributed by atoms with Crippen molar-refractivity contribution in [2.75, 3.05) is 0 Å². The van der Waals surface area contributed by atoms with Gasteiger partial charge in [-0.2, -0.15) is 0 Å². The molecule has 1 heterocycles. The second kappa shape index (κ2) is 4.29. The van der Waals surface area contributed by atoms with Crippen LogP contribution in [-0.2, 0) is 0 Å². The van der Waals surface area contributed by atoms with Crippen LogP contribution in [0.1, 0.15) is 35.9 Å². The van der Waals surface area contributed by atoms with Crippen molar-refractivity contribution in [3.05, 3.63) is 45.7 Å². The average molecular weight is 245 g/mol. The summed E-state index contributed by atoms with van der Waals surface area (Å²) in [6.45, 7) is 5.38. The van der Waals surface area contributed by atoms with Crippen LogP contribution in [0.3, 0.4) is 0 Å². The standard InChI is InChI=1S/C14H15NO3/c1-8(2)15-11-7-5-4-6-10(11)13(16)9(3)12(15)14(17)18/h4-8H,1-3H3,(H,17,18). The number of aromatic nitrogens is 1. The highest BCUT2D eigenvalue weighted by atomic mass is 16.4. The zero-order valence-corrected chi connectivity index (χ0v) is 10.6. The molecule has 4 nitrogen and oxygen atoms in total. The van der Waals surface area contributed by atoms with Gasteiger partial charge < -0.3 is 9.67 Å². The number of carboxylic acids is 1. The van der Waals surface area contributed by atoms with Crippen molar-refractivity contribution >= 4 is 16.9 Å². The van der Waals surface area contributed by atoms with Crippen molar-refractivity contribution in [2.24, 2.45) is 0 Å². The lowest BCUT2D eigenvalue weighted by Gasteiger charge is -2.19. The third kappa shape index (κ3) is 1.70. The number of para-hydroxylation sites is 1.